The zero-order valence-electron chi connectivity index (χ0n) is 12.9. The number of hydrogen-bond donors (Lipinski definition) is 0. The number of allylic oxidation sites excluding steroid dienone is 3. The van der Waals surface area contributed by atoms with Crippen LogP contribution in [0.3, 0.4) is 0 Å². The fourth-order valence-electron chi connectivity index (χ4n) is 1.48. The molecule has 0 fully saturated rings. The van der Waals surface area contributed by atoms with E-state index < -0.39 is 0 Å². The van der Waals surface area contributed by atoms with E-state index in [1.165, 1.54) is 5.56 Å². The second-order valence-electron chi connectivity index (χ2n) is 4.47. The van der Waals surface area contributed by atoms with Gasteiger partial charge in [0.05, 0.1) is 0 Å². The van der Waals surface area contributed by atoms with Crippen molar-refractivity contribution in [1.82, 2.24) is 4.90 Å². The Balaban J connectivity index is 0.00000110. The maximum Gasteiger partial charge on any atom is 0.107 e. The van der Waals surface area contributed by atoms with E-state index in [4.69, 9.17) is 0 Å². The highest BCUT2D eigenvalue weighted by atomic mass is 19.1. The molecule has 0 aliphatic heterocycles. The SMILES string of the molecule is C=C(/C=C\N(C)CCF)c1ccc(CC)cc1.C=CC. The standard InChI is InChI=1S/C15H20FN.C3H6/c1-4-14-5-7-15(8-6-14)13(2)9-11-17(3)12-10-16;1-3-2/h5-9,11H,2,4,10,12H2,1,3H3;3H,1H2,2H3/b11-9-;. The number of alkyl halides is 1. The molecule has 0 saturated carbocycles. The molecule has 0 spiro atoms. The van der Waals surface area contributed by atoms with E-state index in [1.54, 1.807) is 6.08 Å². The fraction of sp³-hybridized carbons (Fsp3) is 0.333. The van der Waals surface area contributed by atoms with Gasteiger partial charge in [-0.25, -0.2) is 4.39 Å². The van der Waals surface area contributed by atoms with Crippen molar-refractivity contribution in [3.8, 4) is 0 Å². The second-order valence-corrected chi connectivity index (χ2v) is 4.47. The molecule has 0 aliphatic carbocycles. The molecule has 1 aromatic carbocycles. The van der Waals surface area contributed by atoms with Crippen LogP contribution in [0.2, 0.25) is 0 Å². The molecule has 1 rings (SSSR count). The van der Waals surface area contributed by atoms with Crippen LogP contribution in [0, 0.1) is 0 Å². The van der Waals surface area contributed by atoms with Crippen molar-refractivity contribution in [3.05, 3.63) is 66.9 Å². The smallest absolute Gasteiger partial charge is 0.107 e. The summed E-state index contributed by atoms with van der Waals surface area (Å²) < 4.78 is 12.1. The van der Waals surface area contributed by atoms with E-state index in [-0.39, 0.29) is 6.67 Å². The molecule has 2 heteroatoms. The summed E-state index contributed by atoms with van der Waals surface area (Å²) in [6.07, 6.45) is 6.56. The molecule has 0 amide bonds. The van der Waals surface area contributed by atoms with Crippen LogP contribution in [0.15, 0.2) is 55.8 Å². The van der Waals surface area contributed by atoms with Crippen LogP contribution in [0.5, 0.6) is 0 Å². The largest absolute Gasteiger partial charge is 0.378 e. The van der Waals surface area contributed by atoms with Crippen LogP contribution in [0.25, 0.3) is 5.57 Å². The van der Waals surface area contributed by atoms with Crippen molar-refractivity contribution < 1.29 is 4.39 Å². The topological polar surface area (TPSA) is 3.24 Å². The van der Waals surface area contributed by atoms with Crippen LogP contribution >= 0.6 is 0 Å². The van der Waals surface area contributed by atoms with E-state index in [2.05, 4.69) is 44.3 Å². The molecule has 0 radical (unpaired) electrons. The Bertz CT molecular complexity index is 418. The minimum absolute atomic E-state index is 0.335. The molecule has 0 bridgehead atoms. The number of aryl methyl sites for hydroxylation is 1. The Hall–Kier alpha value is -1.83. The molecule has 0 aromatic heterocycles. The van der Waals surface area contributed by atoms with Crippen LogP contribution in [0.4, 0.5) is 4.39 Å². The quantitative estimate of drug-likeness (QED) is 0.529. The van der Waals surface area contributed by atoms with Crippen molar-refractivity contribution in [2.24, 2.45) is 0 Å². The van der Waals surface area contributed by atoms with Crippen molar-refractivity contribution in [1.29, 1.82) is 0 Å². The molecular formula is C18H26FN. The molecule has 1 aromatic rings. The van der Waals surface area contributed by atoms with Crippen LogP contribution in [-0.2, 0) is 6.42 Å². The highest BCUT2D eigenvalue weighted by Gasteiger charge is 1.96. The summed E-state index contributed by atoms with van der Waals surface area (Å²) in [5.74, 6) is 0. The van der Waals surface area contributed by atoms with Gasteiger partial charge in [-0.2, -0.15) is 0 Å². The van der Waals surface area contributed by atoms with Crippen LogP contribution in [0.1, 0.15) is 25.0 Å². The predicted octanol–water partition coefficient (Wildman–Crippen LogP) is 4.87. The van der Waals surface area contributed by atoms with Gasteiger partial charge in [0.15, 0.2) is 0 Å². The molecule has 0 unspecified atom stereocenters. The molecule has 0 heterocycles. The van der Waals surface area contributed by atoms with E-state index in [0.717, 1.165) is 17.6 Å². The summed E-state index contributed by atoms with van der Waals surface area (Å²) in [6, 6.07) is 8.36. The Morgan fingerprint density at radius 1 is 1.30 bits per heavy atom. The van der Waals surface area contributed by atoms with Gasteiger partial charge in [-0.15, -0.1) is 6.58 Å². The minimum atomic E-state index is -0.335. The Kier molecular flexibility index (Phi) is 10.0. The van der Waals surface area contributed by atoms with Gasteiger partial charge in [-0.05, 0) is 42.3 Å². The number of nitrogens with zero attached hydrogens (tertiary/aromatic N) is 1. The van der Waals surface area contributed by atoms with Gasteiger partial charge < -0.3 is 4.90 Å². The summed E-state index contributed by atoms with van der Waals surface area (Å²) in [5, 5.41) is 0. The summed E-state index contributed by atoms with van der Waals surface area (Å²) in [4.78, 5) is 1.81. The van der Waals surface area contributed by atoms with Gasteiger partial charge in [-0.3, -0.25) is 0 Å². The lowest BCUT2D eigenvalue weighted by Crippen LogP contribution is -2.13. The van der Waals surface area contributed by atoms with Crippen molar-refractivity contribution in [3.63, 3.8) is 0 Å². The number of halogens is 1. The zero-order valence-corrected chi connectivity index (χ0v) is 12.9. The lowest BCUT2D eigenvalue weighted by atomic mass is 10.0. The summed E-state index contributed by atoms with van der Waals surface area (Å²) in [7, 11) is 1.85. The van der Waals surface area contributed by atoms with Crippen LogP contribution < -0.4 is 0 Å². The molecule has 110 valence electrons. The maximum absolute atomic E-state index is 12.1. The Labute approximate surface area is 123 Å². The third kappa shape index (κ3) is 7.57. The average molecular weight is 275 g/mol. The van der Waals surface area contributed by atoms with Crippen molar-refractivity contribution in [2.75, 3.05) is 20.3 Å². The summed E-state index contributed by atoms with van der Waals surface area (Å²) in [5.41, 5.74) is 3.37. The Morgan fingerprint density at radius 3 is 2.30 bits per heavy atom. The highest BCUT2D eigenvalue weighted by molar-refractivity contribution is 5.71. The monoisotopic (exact) mass is 275 g/mol. The first-order chi connectivity index (χ1) is 9.58. The van der Waals surface area contributed by atoms with Crippen molar-refractivity contribution >= 4 is 5.57 Å². The van der Waals surface area contributed by atoms with E-state index in [1.807, 2.05) is 31.1 Å². The number of benzene rings is 1. The average Bonchev–Trinajstić information content (AvgIpc) is 2.46. The minimum Gasteiger partial charge on any atom is -0.378 e. The number of rotatable bonds is 6. The molecule has 0 atom stereocenters. The summed E-state index contributed by atoms with van der Waals surface area (Å²) >= 11 is 0. The number of hydrogen-bond acceptors (Lipinski definition) is 1. The van der Waals surface area contributed by atoms with Crippen molar-refractivity contribution in [2.45, 2.75) is 20.3 Å². The molecule has 20 heavy (non-hydrogen) atoms. The van der Waals surface area contributed by atoms with Gasteiger partial charge in [0.1, 0.15) is 6.67 Å². The zero-order chi connectivity index (χ0) is 15.4. The van der Waals surface area contributed by atoms with Gasteiger partial charge in [0.2, 0.25) is 0 Å². The van der Waals surface area contributed by atoms with E-state index in [0.29, 0.717) is 6.54 Å². The first kappa shape index (κ1) is 18.2. The normalized spacial score (nSPS) is 9.80. The molecular weight excluding hydrogens is 249 g/mol. The molecule has 0 N–H and O–H groups in total. The van der Waals surface area contributed by atoms with E-state index in [9.17, 15) is 4.39 Å². The second kappa shape index (κ2) is 11.0. The van der Waals surface area contributed by atoms with Gasteiger partial charge in [0, 0.05) is 13.6 Å². The van der Waals surface area contributed by atoms with Gasteiger partial charge in [-0.1, -0.05) is 43.8 Å². The van der Waals surface area contributed by atoms with Crippen LogP contribution in [-0.4, -0.2) is 25.2 Å². The third-order valence-electron chi connectivity index (χ3n) is 2.70. The maximum atomic E-state index is 12.1. The molecule has 0 aliphatic rings. The summed E-state index contributed by atoms with van der Waals surface area (Å²) in [6.45, 7) is 11.5. The fourth-order valence-corrected chi connectivity index (χ4v) is 1.48. The van der Waals surface area contributed by atoms with E-state index >= 15 is 0 Å². The Morgan fingerprint density at radius 2 is 1.85 bits per heavy atom. The first-order valence-electron chi connectivity index (χ1n) is 6.88. The predicted molar refractivity (Wildman–Crippen MR) is 88.5 cm³/mol. The first-order valence-corrected chi connectivity index (χ1v) is 6.88. The molecule has 0 saturated heterocycles. The van der Waals surface area contributed by atoms with Gasteiger partial charge >= 0.3 is 0 Å². The lowest BCUT2D eigenvalue weighted by Gasteiger charge is -2.11. The van der Waals surface area contributed by atoms with Gasteiger partial charge in [0.25, 0.3) is 0 Å². The molecule has 1 nitrogen and oxygen atoms in total. The lowest BCUT2D eigenvalue weighted by molar-refractivity contribution is 0.372. The third-order valence-corrected chi connectivity index (χ3v) is 2.70. The highest BCUT2D eigenvalue weighted by Crippen LogP contribution is 2.15.